The summed E-state index contributed by atoms with van der Waals surface area (Å²) in [5, 5.41) is 0. The van der Waals surface area contributed by atoms with Crippen molar-refractivity contribution < 1.29 is 38.1 Å². The first-order chi connectivity index (χ1) is 20.3. The molecule has 0 unspecified atom stereocenters. The quantitative estimate of drug-likeness (QED) is 0.152. The molecule has 0 saturated heterocycles. The molecule has 42 heavy (non-hydrogen) atoms. The van der Waals surface area contributed by atoms with Crippen molar-refractivity contribution in [1.82, 2.24) is 0 Å². The highest BCUT2D eigenvalue weighted by Crippen LogP contribution is 2.37. The van der Waals surface area contributed by atoms with Gasteiger partial charge in [0.05, 0.1) is 26.4 Å². The van der Waals surface area contributed by atoms with Crippen molar-refractivity contribution >= 4 is 23.9 Å². The van der Waals surface area contributed by atoms with Gasteiger partial charge in [0.15, 0.2) is 10.8 Å². The van der Waals surface area contributed by atoms with Crippen LogP contribution in [0.25, 0.3) is 0 Å². The third-order valence-electron chi connectivity index (χ3n) is 7.06. The van der Waals surface area contributed by atoms with Gasteiger partial charge in [0, 0.05) is 12.8 Å². The van der Waals surface area contributed by atoms with Crippen LogP contribution in [0.5, 0.6) is 0 Å². The van der Waals surface area contributed by atoms with Crippen molar-refractivity contribution in [1.29, 1.82) is 0 Å². The van der Waals surface area contributed by atoms with Crippen molar-refractivity contribution in [2.45, 2.75) is 51.4 Å². The Kier molecular flexibility index (Phi) is 11.4. The van der Waals surface area contributed by atoms with E-state index in [1.165, 1.54) is 0 Å². The molecule has 0 bridgehead atoms. The number of hydrogen-bond donors (Lipinski definition) is 0. The summed E-state index contributed by atoms with van der Waals surface area (Å²) in [6, 6.07) is 24.3. The molecule has 0 aromatic heterocycles. The Bertz CT molecular complexity index is 1210. The Balaban J connectivity index is 2.27. The van der Waals surface area contributed by atoms with Crippen LogP contribution in [-0.2, 0) is 61.8 Å². The Hall–Kier alpha value is -4.46. The summed E-state index contributed by atoms with van der Waals surface area (Å²) in [5.74, 6) is -3.02. The molecule has 0 N–H and O–H groups in total. The van der Waals surface area contributed by atoms with Gasteiger partial charge in [-0.2, -0.15) is 0 Å². The van der Waals surface area contributed by atoms with E-state index in [9.17, 15) is 19.2 Å². The van der Waals surface area contributed by atoms with Crippen LogP contribution in [0.2, 0.25) is 0 Å². The fourth-order valence-electron chi connectivity index (χ4n) is 5.07. The lowest BCUT2D eigenvalue weighted by Gasteiger charge is -2.33. The van der Waals surface area contributed by atoms with E-state index in [2.05, 4.69) is 0 Å². The Labute approximate surface area is 246 Å². The molecule has 3 rings (SSSR count). The summed E-state index contributed by atoms with van der Waals surface area (Å²) in [7, 11) is 0. The first kappa shape index (κ1) is 32.1. The van der Waals surface area contributed by atoms with Gasteiger partial charge in [0.2, 0.25) is 0 Å². The Morgan fingerprint density at radius 1 is 0.452 bits per heavy atom. The number of carbonyl (C=O) groups excluding carboxylic acids is 4. The number of hydrogen-bond acceptors (Lipinski definition) is 8. The average molecular weight is 575 g/mol. The van der Waals surface area contributed by atoms with E-state index < -0.39 is 34.7 Å². The SMILES string of the molecule is CCOC(=O)C(Cc1ccccc1CC(C(=O)OCC)(C(=O)OCC)c1ccccc1)(C(=O)OCC)c1ccccc1. The largest absolute Gasteiger partial charge is 0.465 e. The molecule has 0 heterocycles. The monoisotopic (exact) mass is 574 g/mol. The molecule has 3 aromatic rings. The summed E-state index contributed by atoms with van der Waals surface area (Å²) < 4.78 is 21.9. The zero-order valence-electron chi connectivity index (χ0n) is 24.6. The summed E-state index contributed by atoms with van der Waals surface area (Å²) in [5.41, 5.74) is -1.77. The fourth-order valence-corrected chi connectivity index (χ4v) is 5.07. The van der Waals surface area contributed by atoms with Crippen LogP contribution in [0.15, 0.2) is 84.9 Å². The molecule has 0 aliphatic carbocycles. The van der Waals surface area contributed by atoms with Gasteiger partial charge in [0.1, 0.15) is 0 Å². The number of rotatable bonds is 14. The van der Waals surface area contributed by atoms with Crippen LogP contribution < -0.4 is 0 Å². The van der Waals surface area contributed by atoms with Crippen LogP contribution in [0.3, 0.4) is 0 Å². The maximum Gasteiger partial charge on any atom is 0.328 e. The molecule has 222 valence electrons. The van der Waals surface area contributed by atoms with Crippen LogP contribution in [0.1, 0.15) is 49.9 Å². The first-order valence-electron chi connectivity index (χ1n) is 14.2. The summed E-state index contributed by atoms with van der Waals surface area (Å²) in [4.78, 5) is 54.9. The molecule has 0 fully saturated rings. The molecule has 0 aliphatic heterocycles. The summed E-state index contributed by atoms with van der Waals surface area (Å²) in [6.07, 6.45) is -0.275. The lowest BCUT2D eigenvalue weighted by atomic mass is 9.71. The third-order valence-corrected chi connectivity index (χ3v) is 7.06. The zero-order valence-corrected chi connectivity index (χ0v) is 24.6. The van der Waals surface area contributed by atoms with E-state index >= 15 is 0 Å². The van der Waals surface area contributed by atoms with Crippen LogP contribution in [0, 0.1) is 0 Å². The van der Waals surface area contributed by atoms with E-state index in [0.717, 1.165) is 0 Å². The van der Waals surface area contributed by atoms with Gasteiger partial charge in [-0.25, -0.2) is 0 Å². The van der Waals surface area contributed by atoms with Crippen molar-refractivity contribution in [3.05, 3.63) is 107 Å². The Morgan fingerprint density at radius 2 is 0.714 bits per heavy atom. The molecule has 0 amide bonds. The fraction of sp³-hybridized carbons (Fsp3) is 0.353. The minimum Gasteiger partial charge on any atom is -0.465 e. The van der Waals surface area contributed by atoms with Gasteiger partial charge in [-0.3, -0.25) is 19.2 Å². The number of carbonyl (C=O) groups is 4. The molecular weight excluding hydrogens is 536 g/mol. The molecule has 0 saturated carbocycles. The Morgan fingerprint density at radius 3 is 0.976 bits per heavy atom. The topological polar surface area (TPSA) is 105 Å². The molecule has 0 atom stereocenters. The molecule has 8 heteroatoms. The molecule has 3 aromatic carbocycles. The van der Waals surface area contributed by atoms with Gasteiger partial charge in [0.25, 0.3) is 0 Å². The minimum atomic E-state index is -1.84. The van der Waals surface area contributed by atoms with E-state index in [1.807, 2.05) is 0 Å². The molecule has 0 radical (unpaired) electrons. The van der Waals surface area contributed by atoms with Gasteiger partial charge < -0.3 is 18.9 Å². The van der Waals surface area contributed by atoms with Gasteiger partial charge >= 0.3 is 23.9 Å². The maximum atomic E-state index is 13.7. The van der Waals surface area contributed by atoms with Crippen LogP contribution in [-0.4, -0.2) is 50.3 Å². The van der Waals surface area contributed by atoms with Gasteiger partial charge in [-0.1, -0.05) is 84.9 Å². The predicted octanol–water partition coefficient (Wildman–Crippen LogP) is 4.90. The molecule has 8 nitrogen and oxygen atoms in total. The molecule has 0 spiro atoms. The van der Waals surface area contributed by atoms with Crippen molar-refractivity contribution in [3.63, 3.8) is 0 Å². The van der Waals surface area contributed by atoms with Crippen LogP contribution in [0.4, 0.5) is 0 Å². The second-order valence-corrected chi connectivity index (χ2v) is 9.55. The first-order valence-corrected chi connectivity index (χ1v) is 14.2. The highest BCUT2D eigenvalue weighted by Gasteiger charge is 2.53. The highest BCUT2D eigenvalue weighted by molar-refractivity contribution is 6.08. The predicted molar refractivity (Wildman–Crippen MR) is 157 cm³/mol. The maximum absolute atomic E-state index is 13.7. The number of esters is 4. The summed E-state index contributed by atoms with van der Waals surface area (Å²) >= 11 is 0. The average Bonchev–Trinajstić information content (AvgIpc) is 3.00. The van der Waals surface area contributed by atoms with E-state index in [1.54, 1.807) is 113 Å². The van der Waals surface area contributed by atoms with Crippen LogP contribution >= 0.6 is 0 Å². The highest BCUT2D eigenvalue weighted by atomic mass is 16.6. The molecular formula is C34H38O8. The van der Waals surface area contributed by atoms with Crippen molar-refractivity contribution in [2.24, 2.45) is 0 Å². The molecule has 0 aliphatic rings. The standard InChI is InChI=1S/C34H38O8/c1-5-39-29(35)33(30(36)40-6-2,27-19-11-9-12-20-27)23-25-17-15-16-18-26(25)24-34(31(37)41-7-3,32(38)42-8-4)28-21-13-10-14-22-28/h9-22H,5-8,23-24H2,1-4H3. The normalized spacial score (nSPS) is 11.3. The third kappa shape index (κ3) is 6.54. The zero-order chi connectivity index (χ0) is 30.6. The van der Waals surface area contributed by atoms with Crippen molar-refractivity contribution in [3.8, 4) is 0 Å². The lowest BCUT2D eigenvalue weighted by molar-refractivity contribution is -0.167. The second kappa shape index (κ2) is 15.0. The van der Waals surface area contributed by atoms with Gasteiger partial charge in [-0.05, 0) is 49.9 Å². The summed E-state index contributed by atoms with van der Waals surface area (Å²) in [6.45, 7) is 6.88. The van der Waals surface area contributed by atoms with E-state index in [-0.39, 0.29) is 39.3 Å². The smallest absolute Gasteiger partial charge is 0.328 e. The second-order valence-electron chi connectivity index (χ2n) is 9.55. The number of ether oxygens (including phenoxy) is 4. The van der Waals surface area contributed by atoms with E-state index in [0.29, 0.717) is 22.3 Å². The minimum absolute atomic E-state index is 0.0529. The van der Waals surface area contributed by atoms with E-state index in [4.69, 9.17) is 18.9 Å². The van der Waals surface area contributed by atoms with Crippen molar-refractivity contribution in [2.75, 3.05) is 26.4 Å². The van der Waals surface area contributed by atoms with Gasteiger partial charge in [-0.15, -0.1) is 0 Å². The lowest BCUT2D eigenvalue weighted by Crippen LogP contribution is -2.49. The number of benzene rings is 3.